The van der Waals surface area contributed by atoms with Crippen molar-refractivity contribution in [3.8, 4) is 0 Å². The Balaban J connectivity index is 1.28. The number of nitrogens with one attached hydrogen (secondary N) is 2. The van der Waals surface area contributed by atoms with Crippen molar-refractivity contribution in [2.24, 2.45) is 0 Å². The molecule has 2 fully saturated rings. The van der Waals surface area contributed by atoms with Gasteiger partial charge in [-0.05, 0) is 52.0 Å². The zero-order valence-electron chi connectivity index (χ0n) is 16.3. The number of ether oxygens (including phenoxy) is 1. The molecule has 0 atom stereocenters. The smallest absolute Gasteiger partial charge is 0.407 e. The zero-order valence-corrected chi connectivity index (χ0v) is 16.3. The fourth-order valence-corrected chi connectivity index (χ4v) is 3.85. The third-order valence-corrected chi connectivity index (χ3v) is 5.59. The monoisotopic (exact) mass is 359 g/mol. The largest absolute Gasteiger partial charge is 0.445 e. The second-order valence-electron chi connectivity index (χ2n) is 8.67. The molecule has 5 heteroatoms. The highest BCUT2D eigenvalue weighted by molar-refractivity contribution is 5.67. The summed E-state index contributed by atoms with van der Waals surface area (Å²) in [7, 11) is 0. The van der Waals surface area contributed by atoms with E-state index < -0.39 is 0 Å². The second-order valence-corrected chi connectivity index (χ2v) is 8.67. The summed E-state index contributed by atoms with van der Waals surface area (Å²) < 4.78 is 5.29. The number of carbonyl (C=O) groups excluding carboxylic acids is 1. The molecule has 1 saturated carbocycles. The topological polar surface area (TPSA) is 53.6 Å². The van der Waals surface area contributed by atoms with Crippen LogP contribution in [-0.2, 0) is 11.3 Å². The van der Waals surface area contributed by atoms with Crippen LogP contribution in [0.1, 0.15) is 52.0 Å². The lowest BCUT2D eigenvalue weighted by molar-refractivity contribution is 0.0864. The first kappa shape index (κ1) is 19.2. The number of amides is 1. The third kappa shape index (κ3) is 5.45. The molecule has 3 rings (SSSR count). The summed E-state index contributed by atoms with van der Waals surface area (Å²) in [5.41, 5.74) is 1.29. The highest BCUT2D eigenvalue weighted by atomic mass is 16.5. The van der Waals surface area contributed by atoms with Gasteiger partial charge in [-0.3, -0.25) is 4.90 Å². The van der Waals surface area contributed by atoms with Gasteiger partial charge in [0.05, 0.1) is 0 Å². The van der Waals surface area contributed by atoms with Crippen molar-refractivity contribution >= 4 is 6.09 Å². The third-order valence-electron chi connectivity index (χ3n) is 5.59. The van der Waals surface area contributed by atoms with Crippen molar-refractivity contribution < 1.29 is 9.53 Å². The summed E-state index contributed by atoms with van der Waals surface area (Å²) >= 11 is 0. The Bertz CT molecular complexity index is 571. The lowest BCUT2D eigenvalue weighted by Crippen LogP contribution is -2.57. The molecule has 144 valence electrons. The van der Waals surface area contributed by atoms with Crippen LogP contribution in [0.25, 0.3) is 0 Å². The van der Waals surface area contributed by atoms with E-state index in [0.717, 1.165) is 18.4 Å². The minimum atomic E-state index is -0.309. The second kappa shape index (κ2) is 8.40. The lowest BCUT2D eigenvalue weighted by atomic mass is 9.85. The molecule has 2 N–H and O–H groups in total. The quantitative estimate of drug-likeness (QED) is 0.847. The van der Waals surface area contributed by atoms with Crippen molar-refractivity contribution in [1.29, 1.82) is 0 Å². The van der Waals surface area contributed by atoms with Crippen LogP contribution in [0.15, 0.2) is 30.3 Å². The average Bonchev–Trinajstić information content (AvgIpc) is 2.58. The van der Waals surface area contributed by atoms with Gasteiger partial charge in [0, 0.05) is 36.8 Å². The minimum absolute atomic E-state index is 0.241. The Labute approximate surface area is 157 Å². The summed E-state index contributed by atoms with van der Waals surface area (Å²) in [4.78, 5) is 14.5. The van der Waals surface area contributed by atoms with E-state index in [1.54, 1.807) is 0 Å². The Hall–Kier alpha value is -1.59. The van der Waals surface area contributed by atoms with Gasteiger partial charge >= 0.3 is 6.09 Å². The molecule has 2 aliphatic rings. The Kier molecular flexibility index (Phi) is 6.20. The first-order valence-corrected chi connectivity index (χ1v) is 9.88. The first-order chi connectivity index (χ1) is 12.4. The molecule has 1 heterocycles. The van der Waals surface area contributed by atoms with Crippen LogP contribution in [0.3, 0.4) is 0 Å². The normalized spacial score (nSPS) is 24.7. The van der Waals surface area contributed by atoms with Gasteiger partial charge in [0.25, 0.3) is 0 Å². The van der Waals surface area contributed by atoms with E-state index >= 15 is 0 Å². The SMILES string of the molecule is CC(C)(C)N1CCC(NC2CC(NC(=O)OCc3ccccc3)C2)CC1. The predicted octanol–water partition coefficient (Wildman–Crippen LogP) is 3.30. The Morgan fingerprint density at radius 2 is 1.73 bits per heavy atom. The molecule has 0 radical (unpaired) electrons. The molecule has 0 aromatic heterocycles. The van der Waals surface area contributed by atoms with Gasteiger partial charge in [0.1, 0.15) is 6.61 Å². The summed E-state index contributed by atoms with van der Waals surface area (Å²) in [5.74, 6) is 0. The molecule has 1 aromatic carbocycles. The van der Waals surface area contributed by atoms with Crippen LogP contribution in [0, 0.1) is 0 Å². The van der Waals surface area contributed by atoms with E-state index in [0.29, 0.717) is 18.7 Å². The summed E-state index contributed by atoms with van der Waals surface area (Å²) in [6, 6.07) is 11.2. The van der Waals surface area contributed by atoms with E-state index in [-0.39, 0.29) is 17.7 Å². The molecule has 0 bridgehead atoms. The van der Waals surface area contributed by atoms with Crippen LogP contribution in [0.2, 0.25) is 0 Å². The average molecular weight is 360 g/mol. The molecule has 1 aliphatic carbocycles. The van der Waals surface area contributed by atoms with E-state index in [1.807, 2.05) is 30.3 Å². The maximum atomic E-state index is 11.9. The van der Waals surface area contributed by atoms with Crippen LogP contribution in [0.4, 0.5) is 4.79 Å². The highest BCUT2D eigenvalue weighted by Crippen LogP contribution is 2.24. The van der Waals surface area contributed by atoms with Gasteiger partial charge in [-0.25, -0.2) is 4.79 Å². The number of hydrogen-bond acceptors (Lipinski definition) is 4. The van der Waals surface area contributed by atoms with E-state index in [9.17, 15) is 4.79 Å². The van der Waals surface area contributed by atoms with Crippen molar-refractivity contribution in [2.75, 3.05) is 13.1 Å². The number of piperidine rings is 1. The Morgan fingerprint density at radius 3 is 2.35 bits per heavy atom. The van der Waals surface area contributed by atoms with Gasteiger partial charge < -0.3 is 15.4 Å². The molecule has 26 heavy (non-hydrogen) atoms. The van der Waals surface area contributed by atoms with Gasteiger partial charge in [0.2, 0.25) is 0 Å². The van der Waals surface area contributed by atoms with E-state index in [2.05, 4.69) is 36.3 Å². The van der Waals surface area contributed by atoms with E-state index in [4.69, 9.17) is 4.74 Å². The number of carbonyl (C=O) groups is 1. The molecule has 1 aromatic rings. The Morgan fingerprint density at radius 1 is 1.08 bits per heavy atom. The minimum Gasteiger partial charge on any atom is -0.445 e. The van der Waals surface area contributed by atoms with Crippen LogP contribution < -0.4 is 10.6 Å². The molecule has 1 saturated heterocycles. The summed E-state index contributed by atoms with van der Waals surface area (Å²) in [5, 5.41) is 6.74. The summed E-state index contributed by atoms with van der Waals surface area (Å²) in [6.07, 6.45) is 4.12. The first-order valence-electron chi connectivity index (χ1n) is 9.88. The van der Waals surface area contributed by atoms with Gasteiger partial charge in [-0.1, -0.05) is 30.3 Å². The zero-order chi connectivity index (χ0) is 18.6. The predicted molar refractivity (Wildman–Crippen MR) is 104 cm³/mol. The molecule has 1 aliphatic heterocycles. The maximum absolute atomic E-state index is 11.9. The van der Waals surface area contributed by atoms with Crippen LogP contribution in [-0.4, -0.2) is 47.7 Å². The molecule has 1 amide bonds. The lowest BCUT2D eigenvalue weighted by Gasteiger charge is -2.44. The number of rotatable bonds is 5. The van der Waals surface area contributed by atoms with Crippen molar-refractivity contribution in [1.82, 2.24) is 15.5 Å². The number of hydrogen-bond donors (Lipinski definition) is 2. The summed E-state index contributed by atoms with van der Waals surface area (Å²) in [6.45, 7) is 9.54. The number of nitrogens with zero attached hydrogens (tertiary/aromatic N) is 1. The maximum Gasteiger partial charge on any atom is 0.407 e. The molecule has 0 unspecified atom stereocenters. The number of alkyl carbamates (subject to hydrolysis) is 1. The number of benzene rings is 1. The standard InChI is InChI=1S/C21H33N3O2/c1-21(2,3)24-11-9-17(10-12-24)22-18-13-19(14-18)23-20(25)26-15-16-7-5-4-6-8-16/h4-8,17-19,22H,9-15H2,1-3H3,(H,23,25). The molecular formula is C21H33N3O2. The molecular weight excluding hydrogens is 326 g/mol. The molecule has 5 nitrogen and oxygen atoms in total. The fourth-order valence-electron chi connectivity index (χ4n) is 3.85. The van der Waals surface area contributed by atoms with Gasteiger partial charge in [-0.2, -0.15) is 0 Å². The number of likely N-dealkylation sites (tertiary alicyclic amines) is 1. The van der Waals surface area contributed by atoms with E-state index in [1.165, 1.54) is 25.9 Å². The molecule has 0 spiro atoms. The fraction of sp³-hybridized carbons (Fsp3) is 0.667. The van der Waals surface area contributed by atoms with Crippen LogP contribution in [0.5, 0.6) is 0 Å². The van der Waals surface area contributed by atoms with Gasteiger partial charge in [0.15, 0.2) is 0 Å². The van der Waals surface area contributed by atoms with Crippen molar-refractivity contribution in [3.05, 3.63) is 35.9 Å². The van der Waals surface area contributed by atoms with Gasteiger partial charge in [-0.15, -0.1) is 0 Å². The van der Waals surface area contributed by atoms with Crippen molar-refractivity contribution in [2.45, 2.75) is 76.7 Å². The van der Waals surface area contributed by atoms with Crippen LogP contribution >= 0.6 is 0 Å². The highest BCUT2D eigenvalue weighted by Gasteiger charge is 2.34. The van der Waals surface area contributed by atoms with Crippen molar-refractivity contribution in [3.63, 3.8) is 0 Å².